The van der Waals surface area contributed by atoms with E-state index in [0.29, 0.717) is 5.96 Å². The van der Waals surface area contributed by atoms with Crippen LogP contribution in [-0.2, 0) is 16.4 Å². The number of guanidine groups is 1. The summed E-state index contributed by atoms with van der Waals surface area (Å²) >= 11 is 0. The van der Waals surface area contributed by atoms with E-state index >= 15 is 0 Å². The molecule has 1 aromatic rings. The topological polar surface area (TPSA) is 75.8 Å². The van der Waals surface area contributed by atoms with Crippen LogP contribution in [0.5, 0.6) is 0 Å². The Morgan fingerprint density at radius 2 is 1.87 bits per heavy atom. The molecule has 1 saturated heterocycles. The zero-order valence-corrected chi connectivity index (χ0v) is 16.3. The molecule has 0 saturated carbocycles. The summed E-state index contributed by atoms with van der Waals surface area (Å²) in [5, 5.41) is 0. The highest BCUT2D eigenvalue weighted by Crippen LogP contribution is 2.16. The van der Waals surface area contributed by atoms with Gasteiger partial charge < -0.3 is 10.6 Å². The number of hydrogen-bond acceptors (Lipinski definition) is 3. The van der Waals surface area contributed by atoms with Crippen LogP contribution in [0, 0.1) is 5.82 Å². The van der Waals surface area contributed by atoms with E-state index in [2.05, 4.69) is 4.99 Å². The van der Waals surface area contributed by atoms with Gasteiger partial charge in [-0.1, -0.05) is 12.8 Å². The zero-order chi connectivity index (χ0) is 16.2. The Labute approximate surface area is 154 Å². The number of aliphatic imine (C=N–C) groups is 1. The minimum Gasteiger partial charge on any atom is -0.370 e. The molecule has 0 amide bonds. The van der Waals surface area contributed by atoms with Crippen LogP contribution < -0.4 is 5.73 Å². The highest BCUT2D eigenvalue weighted by molar-refractivity contribution is 14.0. The first-order valence-corrected chi connectivity index (χ1v) is 9.30. The second kappa shape index (κ2) is 8.81. The van der Waals surface area contributed by atoms with Crippen LogP contribution in [0.4, 0.5) is 4.39 Å². The van der Waals surface area contributed by atoms with E-state index in [9.17, 15) is 12.8 Å². The molecule has 0 aliphatic carbocycles. The van der Waals surface area contributed by atoms with Crippen molar-refractivity contribution in [3.63, 3.8) is 0 Å². The van der Waals surface area contributed by atoms with Gasteiger partial charge >= 0.3 is 0 Å². The Balaban J connectivity index is 0.00000264. The summed E-state index contributed by atoms with van der Waals surface area (Å²) in [5.74, 6) is -0.0779. The van der Waals surface area contributed by atoms with E-state index in [1.807, 2.05) is 4.90 Å². The minimum atomic E-state index is -3.36. The van der Waals surface area contributed by atoms with Crippen LogP contribution >= 0.6 is 24.0 Å². The zero-order valence-electron chi connectivity index (χ0n) is 13.2. The van der Waals surface area contributed by atoms with Crippen LogP contribution in [0.1, 0.15) is 31.2 Å². The van der Waals surface area contributed by atoms with E-state index in [0.717, 1.165) is 38.3 Å². The third kappa shape index (κ3) is 5.91. The van der Waals surface area contributed by atoms with Crippen molar-refractivity contribution in [3.8, 4) is 0 Å². The van der Waals surface area contributed by atoms with Crippen molar-refractivity contribution in [1.29, 1.82) is 0 Å². The van der Waals surface area contributed by atoms with Gasteiger partial charge in [0.25, 0.3) is 0 Å². The Hall–Kier alpha value is -0.900. The lowest BCUT2D eigenvalue weighted by molar-refractivity contribution is 0.428. The molecule has 1 aliphatic rings. The lowest BCUT2D eigenvalue weighted by atomic mass is 10.2. The molecule has 2 rings (SSSR count). The van der Waals surface area contributed by atoms with Crippen molar-refractivity contribution in [2.75, 3.05) is 19.3 Å². The fraction of sp³-hybridized carbons (Fsp3) is 0.533. The first-order chi connectivity index (χ1) is 10.4. The maximum absolute atomic E-state index is 13.8. The lowest BCUT2D eigenvalue weighted by Gasteiger charge is -2.21. The summed E-state index contributed by atoms with van der Waals surface area (Å²) in [6.45, 7) is 1.76. The number of likely N-dealkylation sites (tertiary alicyclic amines) is 1. The van der Waals surface area contributed by atoms with Crippen molar-refractivity contribution < 1.29 is 12.8 Å². The van der Waals surface area contributed by atoms with E-state index in [1.54, 1.807) is 0 Å². The van der Waals surface area contributed by atoms with Crippen molar-refractivity contribution in [3.05, 3.63) is 29.6 Å². The second-order valence-electron chi connectivity index (χ2n) is 5.60. The first-order valence-electron chi connectivity index (χ1n) is 7.41. The van der Waals surface area contributed by atoms with Crippen molar-refractivity contribution in [2.24, 2.45) is 10.7 Å². The molecule has 5 nitrogen and oxygen atoms in total. The molecule has 0 bridgehead atoms. The number of benzene rings is 1. The normalized spacial score (nSPS) is 16.6. The van der Waals surface area contributed by atoms with Crippen LogP contribution in [0.2, 0.25) is 0 Å². The van der Waals surface area contributed by atoms with Gasteiger partial charge in [0, 0.05) is 24.9 Å². The third-order valence-corrected chi connectivity index (χ3v) is 4.90. The van der Waals surface area contributed by atoms with Gasteiger partial charge in [0.2, 0.25) is 0 Å². The molecule has 8 heteroatoms. The molecule has 0 radical (unpaired) electrons. The Morgan fingerprint density at radius 3 is 2.43 bits per heavy atom. The Bertz CT molecular complexity index is 657. The molecule has 0 spiro atoms. The molecule has 1 heterocycles. The van der Waals surface area contributed by atoms with E-state index in [4.69, 9.17) is 5.73 Å². The summed E-state index contributed by atoms with van der Waals surface area (Å²) in [7, 11) is -3.36. The number of rotatable bonds is 3. The average Bonchev–Trinajstić information content (AvgIpc) is 2.74. The average molecular weight is 455 g/mol. The molecular formula is C15H23FIN3O2S. The molecule has 1 aliphatic heterocycles. The van der Waals surface area contributed by atoms with Gasteiger partial charge in [-0.2, -0.15) is 0 Å². The van der Waals surface area contributed by atoms with Crippen molar-refractivity contribution in [1.82, 2.24) is 4.90 Å². The van der Waals surface area contributed by atoms with Crippen LogP contribution in [0.15, 0.2) is 28.1 Å². The highest BCUT2D eigenvalue weighted by atomic mass is 127. The number of halogens is 2. The highest BCUT2D eigenvalue weighted by Gasteiger charge is 2.13. The fourth-order valence-corrected chi connectivity index (χ4v) is 3.14. The smallest absolute Gasteiger partial charge is 0.191 e. The quantitative estimate of drug-likeness (QED) is 0.329. The van der Waals surface area contributed by atoms with Crippen molar-refractivity contribution in [2.45, 2.75) is 37.1 Å². The number of hydrogen-bond donors (Lipinski definition) is 1. The minimum absolute atomic E-state index is 0. The predicted molar refractivity (Wildman–Crippen MR) is 100 cm³/mol. The van der Waals surface area contributed by atoms with Gasteiger partial charge in [0.15, 0.2) is 15.8 Å². The molecule has 1 aromatic carbocycles. The first kappa shape index (κ1) is 20.1. The number of sulfone groups is 1. The van der Waals surface area contributed by atoms with Crippen LogP contribution in [-0.4, -0.2) is 38.6 Å². The molecule has 1 fully saturated rings. The maximum atomic E-state index is 13.8. The largest absolute Gasteiger partial charge is 0.370 e. The summed E-state index contributed by atoms with van der Waals surface area (Å²) in [6.07, 6.45) is 5.63. The van der Waals surface area contributed by atoms with E-state index in [1.165, 1.54) is 25.0 Å². The van der Waals surface area contributed by atoms with Gasteiger partial charge in [-0.25, -0.2) is 17.8 Å². The van der Waals surface area contributed by atoms with Gasteiger partial charge in [0.05, 0.1) is 11.4 Å². The molecule has 0 atom stereocenters. The van der Waals surface area contributed by atoms with Gasteiger partial charge in [-0.3, -0.25) is 0 Å². The van der Waals surface area contributed by atoms with E-state index < -0.39 is 15.7 Å². The molecule has 0 unspecified atom stereocenters. The number of nitrogens with zero attached hydrogens (tertiary/aromatic N) is 2. The molecule has 0 aromatic heterocycles. The second-order valence-corrected chi connectivity index (χ2v) is 7.62. The molecule has 130 valence electrons. The summed E-state index contributed by atoms with van der Waals surface area (Å²) in [6, 6.07) is 3.74. The Kier molecular flexibility index (Phi) is 7.72. The number of nitrogens with two attached hydrogens (primary N) is 1. The molecule has 23 heavy (non-hydrogen) atoms. The fourth-order valence-electron chi connectivity index (χ4n) is 2.47. The van der Waals surface area contributed by atoms with Gasteiger partial charge in [-0.05, 0) is 31.0 Å². The summed E-state index contributed by atoms with van der Waals surface area (Å²) < 4.78 is 36.9. The van der Waals surface area contributed by atoms with Gasteiger partial charge in [0.1, 0.15) is 5.82 Å². The van der Waals surface area contributed by atoms with Crippen LogP contribution in [0.3, 0.4) is 0 Å². The standard InChI is InChI=1S/C15H22FN3O2S.HI/c1-22(20,21)13-6-7-14(16)12(10-13)11-18-15(17)19-8-4-2-3-5-9-19;/h6-7,10H,2-5,8-9,11H2,1H3,(H2,17,18);1H. The maximum Gasteiger partial charge on any atom is 0.191 e. The molecule has 2 N–H and O–H groups in total. The summed E-state index contributed by atoms with van der Waals surface area (Å²) in [5.41, 5.74) is 6.21. The van der Waals surface area contributed by atoms with E-state index in [-0.39, 0.29) is 41.0 Å². The van der Waals surface area contributed by atoms with Crippen LogP contribution in [0.25, 0.3) is 0 Å². The summed E-state index contributed by atoms with van der Waals surface area (Å²) in [4.78, 5) is 6.32. The lowest BCUT2D eigenvalue weighted by Crippen LogP contribution is -2.38. The van der Waals surface area contributed by atoms with Gasteiger partial charge in [-0.15, -0.1) is 24.0 Å². The SMILES string of the molecule is CS(=O)(=O)c1ccc(F)c(CN=C(N)N2CCCCCC2)c1.I. The third-order valence-electron chi connectivity index (χ3n) is 3.79. The predicted octanol–water partition coefficient (Wildman–Crippen LogP) is 2.54. The Morgan fingerprint density at radius 1 is 1.26 bits per heavy atom. The molecular weight excluding hydrogens is 432 g/mol. The monoisotopic (exact) mass is 455 g/mol. The van der Waals surface area contributed by atoms with Crippen molar-refractivity contribution >= 4 is 39.8 Å².